The normalized spacial score (nSPS) is 13.7. The first-order valence-electron chi connectivity index (χ1n) is 13.1. The predicted octanol–water partition coefficient (Wildman–Crippen LogP) is 3.56. The molecule has 1 N–H and O–H groups in total. The van der Waals surface area contributed by atoms with E-state index < -0.39 is 0 Å². The Balaban J connectivity index is 1.39. The third kappa shape index (κ3) is 5.79. The Morgan fingerprint density at radius 1 is 1.18 bits per heavy atom. The SMILES string of the molecule is CCn1ncc(CN(C)C(=O)c2nc(-c3cc(C(=O)NCCN4CCCC4)on3)nc3ccc(Cl)cc23)c1C. The van der Waals surface area contributed by atoms with Gasteiger partial charge < -0.3 is 19.6 Å². The van der Waals surface area contributed by atoms with Crippen LogP contribution in [-0.2, 0) is 13.1 Å². The van der Waals surface area contributed by atoms with Crippen LogP contribution in [0.3, 0.4) is 0 Å². The zero-order valence-electron chi connectivity index (χ0n) is 22.3. The number of halogens is 1. The van der Waals surface area contributed by atoms with Crippen LogP contribution in [0.2, 0.25) is 5.02 Å². The van der Waals surface area contributed by atoms with Crippen LogP contribution in [-0.4, -0.2) is 79.7 Å². The minimum Gasteiger partial charge on any atom is -0.350 e. The number of rotatable bonds is 9. The molecule has 0 spiro atoms. The lowest BCUT2D eigenvalue weighted by Crippen LogP contribution is -2.33. The van der Waals surface area contributed by atoms with Gasteiger partial charge in [0.05, 0.1) is 11.7 Å². The summed E-state index contributed by atoms with van der Waals surface area (Å²) in [5.41, 5.74) is 2.91. The van der Waals surface area contributed by atoms with Gasteiger partial charge in [0.2, 0.25) is 5.76 Å². The van der Waals surface area contributed by atoms with Gasteiger partial charge in [-0.25, -0.2) is 9.97 Å². The van der Waals surface area contributed by atoms with Gasteiger partial charge in [0.1, 0.15) is 5.69 Å². The van der Waals surface area contributed by atoms with E-state index in [1.807, 2.05) is 18.5 Å². The summed E-state index contributed by atoms with van der Waals surface area (Å²) in [6, 6.07) is 6.58. The molecule has 1 aromatic carbocycles. The first-order chi connectivity index (χ1) is 18.8. The average molecular weight is 551 g/mol. The number of benzene rings is 1. The van der Waals surface area contributed by atoms with Crippen LogP contribution < -0.4 is 5.32 Å². The molecule has 11 nitrogen and oxygen atoms in total. The van der Waals surface area contributed by atoms with Crippen LogP contribution in [0.15, 0.2) is 35.0 Å². The van der Waals surface area contributed by atoms with E-state index in [0.29, 0.717) is 29.0 Å². The number of carbonyl (C=O) groups excluding carboxylic acids is 2. The van der Waals surface area contributed by atoms with Crippen molar-refractivity contribution in [2.75, 3.05) is 33.2 Å². The molecule has 0 saturated carbocycles. The fourth-order valence-corrected chi connectivity index (χ4v) is 4.93. The summed E-state index contributed by atoms with van der Waals surface area (Å²) < 4.78 is 7.19. The molecule has 4 aromatic rings. The molecule has 0 unspecified atom stereocenters. The first kappa shape index (κ1) is 26.8. The van der Waals surface area contributed by atoms with Crippen molar-refractivity contribution in [3.05, 3.63) is 58.2 Å². The number of aryl methyl sites for hydroxylation is 1. The summed E-state index contributed by atoms with van der Waals surface area (Å²) in [5, 5.41) is 12.2. The van der Waals surface area contributed by atoms with Crippen molar-refractivity contribution in [1.82, 2.24) is 40.0 Å². The third-order valence-corrected chi connectivity index (χ3v) is 7.23. The summed E-state index contributed by atoms with van der Waals surface area (Å²) in [5.74, 6) is -0.437. The Morgan fingerprint density at radius 2 is 1.97 bits per heavy atom. The molecule has 39 heavy (non-hydrogen) atoms. The maximum absolute atomic E-state index is 13.6. The quantitative estimate of drug-likeness (QED) is 0.335. The number of nitrogens with zero attached hydrogens (tertiary/aromatic N) is 7. The standard InChI is InChI=1S/C27H31ClN8O3/c1-4-36-17(2)18(15-30-36)16-34(3)27(38)24-20-13-19(28)7-8-21(20)31-25(32-24)22-14-23(39-33-22)26(37)29-9-12-35-10-5-6-11-35/h7-8,13-15H,4-6,9-12,16H2,1-3H3,(H,29,37). The second-order valence-electron chi connectivity index (χ2n) is 9.67. The van der Waals surface area contributed by atoms with E-state index in [1.165, 1.54) is 18.9 Å². The number of likely N-dealkylation sites (tertiary alicyclic amines) is 1. The van der Waals surface area contributed by atoms with Gasteiger partial charge in [-0.3, -0.25) is 14.3 Å². The molecule has 204 valence electrons. The zero-order valence-corrected chi connectivity index (χ0v) is 23.0. The highest BCUT2D eigenvalue weighted by Crippen LogP contribution is 2.26. The second kappa shape index (κ2) is 11.5. The molecule has 1 aliphatic heterocycles. The second-order valence-corrected chi connectivity index (χ2v) is 10.1. The van der Waals surface area contributed by atoms with Gasteiger partial charge in [0.15, 0.2) is 11.5 Å². The van der Waals surface area contributed by atoms with Crippen LogP contribution >= 0.6 is 11.6 Å². The van der Waals surface area contributed by atoms with E-state index >= 15 is 0 Å². The largest absolute Gasteiger partial charge is 0.350 e. The van der Waals surface area contributed by atoms with Crippen molar-refractivity contribution in [2.24, 2.45) is 0 Å². The molecule has 0 bridgehead atoms. The molecule has 1 fully saturated rings. The number of amides is 2. The Labute approximate surface area is 231 Å². The number of carbonyl (C=O) groups is 2. The number of hydrogen-bond acceptors (Lipinski definition) is 8. The summed E-state index contributed by atoms with van der Waals surface area (Å²) in [4.78, 5) is 39.3. The summed E-state index contributed by atoms with van der Waals surface area (Å²) >= 11 is 6.26. The van der Waals surface area contributed by atoms with E-state index in [1.54, 1.807) is 36.3 Å². The van der Waals surface area contributed by atoms with Crippen molar-refractivity contribution in [1.29, 1.82) is 0 Å². The topological polar surface area (TPSA) is 122 Å². The molecule has 1 aliphatic rings. The van der Waals surface area contributed by atoms with Gasteiger partial charge in [0.25, 0.3) is 11.8 Å². The number of nitrogens with one attached hydrogen (secondary N) is 1. The molecule has 4 heterocycles. The highest BCUT2D eigenvalue weighted by atomic mass is 35.5. The lowest BCUT2D eigenvalue weighted by Gasteiger charge is -2.18. The fourth-order valence-electron chi connectivity index (χ4n) is 4.75. The molecule has 5 rings (SSSR count). The van der Waals surface area contributed by atoms with Crippen LogP contribution in [0.5, 0.6) is 0 Å². The van der Waals surface area contributed by atoms with Crippen molar-refractivity contribution < 1.29 is 14.1 Å². The highest BCUT2D eigenvalue weighted by Gasteiger charge is 2.23. The lowest BCUT2D eigenvalue weighted by atomic mass is 10.1. The summed E-state index contributed by atoms with van der Waals surface area (Å²) in [6.07, 6.45) is 4.16. The van der Waals surface area contributed by atoms with Crippen LogP contribution in [0.1, 0.15) is 52.1 Å². The number of fused-ring (bicyclic) bond motifs is 1. The fraction of sp³-hybridized carbons (Fsp3) is 0.407. The Morgan fingerprint density at radius 3 is 2.72 bits per heavy atom. The lowest BCUT2D eigenvalue weighted by molar-refractivity contribution is 0.0781. The average Bonchev–Trinajstić information content (AvgIpc) is 3.70. The zero-order chi connectivity index (χ0) is 27.5. The Bertz CT molecular complexity index is 1510. The highest BCUT2D eigenvalue weighted by molar-refractivity contribution is 6.31. The van der Waals surface area contributed by atoms with Crippen LogP contribution in [0.25, 0.3) is 22.4 Å². The summed E-state index contributed by atoms with van der Waals surface area (Å²) in [7, 11) is 1.71. The van der Waals surface area contributed by atoms with Crippen molar-refractivity contribution in [3.8, 4) is 11.5 Å². The van der Waals surface area contributed by atoms with Gasteiger partial charge >= 0.3 is 0 Å². The van der Waals surface area contributed by atoms with Gasteiger partial charge in [-0.15, -0.1) is 0 Å². The molecule has 0 aliphatic carbocycles. The number of aromatic nitrogens is 5. The maximum atomic E-state index is 13.6. The molecule has 0 radical (unpaired) electrons. The van der Waals surface area contributed by atoms with Gasteiger partial charge in [0, 0.05) is 61.0 Å². The van der Waals surface area contributed by atoms with Crippen molar-refractivity contribution >= 4 is 34.3 Å². The Hall–Kier alpha value is -3.83. The van der Waals surface area contributed by atoms with Crippen molar-refractivity contribution in [2.45, 2.75) is 39.8 Å². The van der Waals surface area contributed by atoms with E-state index in [9.17, 15) is 9.59 Å². The first-order valence-corrected chi connectivity index (χ1v) is 13.4. The predicted molar refractivity (Wildman–Crippen MR) is 146 cm³/mol. The Kier molecular flexibility index (Phi) is 7.89. The monoisotopic (exact) mass is 550 g/mol. The van der Waals surface area contributed by atoms with E-state index in [0.717, 1.165) is 37.4 Å². The van der Waals surface area contributed by atoms with Crippen LogP contribution in [0, 0.1) is 6.92 Å². The minimum atomic E-state index is -0.362. The molecular weight excluding hydrogens is 520 g/mol. The molecule has 3 aromatic heterocycles. The maximum Gasteiger partial charge on any atom is 0.289 e. The van der Waals surface area contributed by atoms with E-state index in [2.05, 4.69) is 30.4 Å². The molecule has 12 heteroatoms. The van der Waals surface area contributed by atoms with Crippen LogP contribution in [0.4, 0.5) is 0 Å². The molecule has 1 saturated heterocycles. The number of hydrogen-bond donors (Lipinski definition) is 1. The smallest absolute Gasteiger partial charge is 0.289 e. The van der Waals surface area contributed by atoms with Gasteiger partial charge in [-0.05, 0) is 58.0 Å². The van der Waals surface area contributed by atoms with E-state index in [-0.39, 0.29) is 34.8 Å². The molecular formula is C27H31ClN8O3. The van der Waals surface area contributed by atoms with Gasteiger partial charge in [-0.1, -0.05) is 16.8 Å². The summed E-state index contributed by atoms with van der Waals surface area (Å²) in [6.45, 7) is 8.54. The van der Waals surface area contributed by atoms with Crippen molar-refractivity contribution in [3.63, 3.8) is 0 Å². The van der Waals surface area contributed by atoms with Gasteiger partial charge in [-0.2, -0.15) is 5.10 Å². The minimum absolute atomic E-state index is 0.0552. The molecule has 2 amide bonds. The molecule has 0 atom stereocenters. The van der Waals surface area contributed by atoms with E-state index in [4.69, 9.17) is 16.1 Å². The third-order valence-electron chi connectivity index (χ3n) is 6.99.